The lowest BCUT2D eigenvalue weighted by atomic mass is 9.62. The summed E-state index contributed by atoms with van der Waals surface area (Å²) in [6.07, 6.45) is 4.73. The zero-order valence-electron chi connectivity index (χ0n) is 13.4. The lowest BCUT2D eigenvalue weighted by molar-refractivity contribution is 0.0484. The first-order valence-electron chi connectivity index (χ1n) is 7.83. The van der Waals surface area contributed by atoms with Gasteiger partial charge in [0.25, 0.3) is 0 Å². The van der Waals surface area contributed by atoms with Gasteiger partial charge >= 0.3 is 0 Å². The molecule has 112 valence electrons. The Hall–Kier alpha value is -1.02. The Morgan fingerprint density at radius 1 is 1.30 bits per heavy atom. The van der Waals surface area contributed by atoms with E-state index in [0.29, 0.717) is 5.92 Å². The van der Waals surface area contributed by atoms with Crippen molar-refractivity contribution in [3.05, 3.63) is 29.8 Å². The van der Waals surface area contributed by atoms with Crippen LogP contribution in [-0.4, -0.2) is 17.3 Å². The van der Waals surface area contributed by atoms with Crippen molar-refractivity contribution < 1.29 is 5.11 Å². The van der Waals surface area contributed by atoms with Gasteiger partial charge in [-0.3, -0.25) is 0 Å². The quantitative estimate of drug-likeness (QED) is 0.858. The summed E-state index contributed by atoms with van der Waals surface area (Å²) >= 11 is 0. The van der Waals surface area contributed by atoms with Crippen molar-refractivity contribution in [3.8, 4) is 0 Å². The van der Waals surface area contributed by atoms with Gasteiger partial charge in [-0.15, -0.1) is 0 Å². The van der Waals surface area contributed by atoms with Crippen LogP contribution >= 0.6 is 0 Å². The maximum Gasteiger partial charge on any atom is 0.0664 e. The summed E-state index contributed by atoms with van der Waals surface area (Å²) in [6.45, 7) is 9.21. The molecule has 0 saturated heterocycles. The van der Waals surface area contributed by atoms with Crippen molar-refractivity contribution >= 4 is 5.69 Å². The van der Waals surface area contributed by atoms with Crippen LogP contribution in [0, 0.1) is 18.3 Å². The number of aryl methyl sites for hydroxylation is 1. The van der Waals surface area contributed by atoms with Crippen molar-refractivity contribution in [2.45, 2.75) is 58.9 Å². The van der Waals surface area contributed by atoms with E-state index in [9.17, 15) is 5.11 Å². The van der Waals surface area contributed by atoms with Crippen LogP contribution in [0.4, 0.5) is 5.69 Å². The Labute approximate surface area is 123 Å². The Morgan fingerprint density at radius 3 is 2.65 bits per heavy atom. The Bertz CT molecular complexity index is 449. The third kappa shape index (κ3) is 3.17. The average molecular weight is 275 g/mol. The van der Waals surface area contributed by atoms with Gasteiger partial charge in [0.15, 0.2) is 0 Å². The maximum atomic E-state index is 10.1. The predicted molar refractivity (Wildman–Crippen MR) is 86.0 cm³/mol. The number of rotatable bonds is 3. The molecule has 1 aromatic rings. The molecule has 0 aliphatic heterocycles. The largest absolute Gasteiger partial charge is 0.394 e. The second-order valence-corrected chi connectivity index (χ2v) is 7.47. The first-order valence-corrected chi connectivity index (χ1v) is 7.83. The first-order chi connectivity index (χ1) is 9.37. The number of benzene rings is 1. The molecule has 2 atom stereocenters. The second-order valence-electron chi connectivity index (χ2n) is 7.47. The van der Waals surface area contributed by atoms with Gasteiger partial charge in [0.05, 0.1) is 12.1 Å². The first kappa shape index (κ1) is 15.4. The molecular formula is C18H29NO. The minimum Gasteiger partial charge on any atom is -0.394 e. The molecule has 0 heterocycles. The van der Waals surface area contributed by atoms with Crippen LogP contribution in [0.3, 0.4) is 0 Å². The summed E-state index contributed by atoms with van der Waals surface area (Å²) in [4.78, 5) is 0. The molecule has 1 aliphatic rings. The number of hydrogen-bond donors (Lipinski definition) is 2. The van der Waals surface area contributed by atoms with Crippen molar-refractivity contribution in [2.75, 3.05) is 11.9 Å². The molecule has 2 nitrogen and oxygen atoms in total. The van der Waals surface area contributed by atoms with E-state index in [4.69, 9.17) is 0 Å². The fraction of sp³-hybridized carbons (Fsp3) is 0.667. The van der Waals surface area contributed by atoms with Crippen molar-refractivity contribution in [2.24, 2.45) is 11.3 Å². The van der Waals surface area contributed by atoms with Gasteiger partial charge in [0.1, 0.15) is 0 Å². The fourth-order valence-corrected chi connectivity index (χ4v) is 3.89. The van der Waals surface area contributed by atoms with E-state index in [0.717, 1.165) is 12.1 Å². The van der Waals surface area contributed by atoms with E-state index in [1.54, 1.807) is 0 Å². The number of anilines is 1. The van der Waals surface area contributed by atoms with E-state index in [1.807, 2.05) is 0 Å². The maximum absolute atomic E-state index is 10.1. The Kier molecular flexibility index (Phi) is 4.43. The second kappa shape index (κ2) is 5.77. The normalized spacial score (nSPS) is 27.4. The van der Waals surface area contributed by atoms with Crippen LogP contribution in [0.2, 0.25) is 0 Å². The van der Waals surface area contributed by atoms with Crippen molar-refractivity contribution in [3.63, 3.8) is 0 Å². The molecule has 1 aliphatic carbocycles. The van der Waals surface area contributed by atoms with Crippen molar-refractivity contribution in [1.29, 1.82) is 0 Å². The molecule has 2 rings (SSSR count). The van der Waals surface area contributed by atoms with Crippen molar-refractivity contribution in [1.82, 2.24) is 0 Å². The van der Waals surface area contributed by atoms with Gasteiger partial charge in [-0.2, -0.15) is 0 Å². The fourth-order valence-electron chi connectivity index (χ4n) is 3.89. The molecule has 0 bridgehead atoms. The molecule has 1 aromatic carbocycles. The summed E-state index contributed by atoms with van der Waals surface area (Å²) in [7, 11) is 0. The lowest BCUT2D eigenvalue weighted by Gasteiger charge is -2.50. The zero-order chi connectivity index (χ0) is 14.8. The molecule has 0 amide bonds. The molecule has 0 radical (unpaired) electrons. The number of aliphatic hydroxyl groups excluding tert-OH is 1. The van der Waals surface area contributed by atoms with Crippen LogP contribution in [0.15, 0.2) is 24.3 Å². The van der Waals surface area contributed by atoms with E-state index in [-0.39, 0.29) is 17.6 Å². The molecule has 1 fully saturated rings. The Balaban J connectivity index is 2.30. The third-order valence-electron chi connectivity index (χ3n) is 4.77. The van der Waals surface area contributed by atoms with E-state index in [1.165, 1.54) is 24.8 Å². The minimum absolute atomic E-state index is 0.176. The van der Waals surface area contributed by atoms with Crippen LogP contribution in [0.5, 0.6) is 0 Å². The molecular weight excluding hydrogens is 246 g/mol. The molecule has 20 heavy (non-hydrogen) atoms. The van der Waals surface area contributed by atoms with Crippen LogP contribution in [0.1, 0.15) is 52.0 Å². The number of nitrogens with one attached hydrogen (secondary N) is 1. The van der Waals surface area contributed by atoms with Gasteiger partial charge in [0, 0.05) is 5.69 Å². The van der Waals surface area contributed by atoms with Crippen LogP contribution in [0.25, 0.3) is 0 Å². The highest BCUT2D eigenvalue weighted by Gasteiger charge is 2.45. The monoisotopic (exact) mass is 275 g/mol. The summed E-state index contributed by atoms with van der Waals surface area (Å²) < 4.78 is 0. The standard InChI is InChI=1S/C18H29NO/c1-14-8-7-9-15(12-14)19-18(13-20)11-6-5-10-16(18)17(2,3)4/h7-9,12,16,19-20H,5-6,10-11,13H2,1-4H3. The summed E-state index contributed by atoms with van der Waals surface area (Å²) in [5, 5.41) is 13.8. The topological polar surface area (TPSA) is 32.3 Å². The van der Waals surface area contributed by atoms with Crippen LogP contribution in [-0.2, 0) is 0 Å². The van der Waals surface area contributed by atoms with Crippen LogP contribution < -0.4 is 5.32 Å². The highest BCUT2D eigenvalue weighted by molar-refractivity contribution is 5.48. The van der Waals surface area contributed by atoms with E-state index in [2.05, 4.69) is 57.3 Å². The smallest absolute Gasteiger partial charge is 0.0664 e. The summed E-state index contributed by atoms with van der Waals surface area (Å²) in [5.41, 5.74) is 2.42. The van der Waals surface area contributed by atoms with Gasteiger partial charge in [-0.25, -0.2) is 0 Å². The molecule has 0 spiro atoms. The zero-order valence-corrected chi connectivity index (χ0v) is 13.4. The Morgan fingerprint density at radius 2 is 2.05 bits per heavy atom. The molecule has 2 unspecified atom stereocenters. The number of hydrogen-bond acceptors (Lipinski definition) is 2. The predicted octanol–water partition coefficient (Wildman–Crippen LogP) is 4.37. The molecule has 2 N–H and O–H groups in total. The number of aliphatic hydroxyl groups is 1. The van der Waals surface area contributed by atoms with Gasteiger partial charge in [0.2, 0.25) is 0 Å². The van der Waals surface area contributed by atoms with E-state index < -0.39 is 0 Å². The van der Waals surface area contributed by atoms with Gasteiger partial charge in [-0.05, 0) is 48.8 Å². The summed E-state index contributed by atoms with van der Waals surface area (Å²) in [6, 6.07) is 8.47. The SMILES string of the molecule is Cc1cccc(NC2(CO)CCCCC2C(C)(C)C)c1. The third-order valence-corrected chi connectivity index (χ3v) is 4.77. The molecule has 1 saturated carbocycles. The minimum atomic E-state index is -0.176. The van der Waals surface area contributed by atoms with Gasteiger partial charge < -0.3 is 10.4 Å². The van der Waals surface area contributed by atoms with E-state index >= 15 is 0 Å². The molecule has 0 aromatic heterocycles. The molecule has 2 heteroatoms. The highest BCUT2D eigenvalue weighted by Crippen LogP contribution is 2.45. The van der Waals surface area contributed by atoms with Gasteiger partial charge in [-0.1, -0.05) is 45.7 Å². The average Bonchev–Trinajstić information content (AvgIpc) is 2.38. The lowest BCUT2D eigenvalue weighted by Crippen LogP contribution is -2.55. The summed E-state index contributed by atoms with van der Waals surface area (Å²) in [5.74, 6) is 0.495. The highest BCUT2D eigenvalue weighted by atomic mass is 16.3.